The molecule has 23 heavy (non-hydrogen) atoms. The van der Waals surface area contributed by atoms with Gasteiger partial charge in [0, 0.05) is 12.7 Å². The standard InChI is InChI=1S/C18H20N4O/c1-22-16-5-3-2-4-15(16)21-17(22)12-18(23)20-14-8-6-13(7-9-14)10-11-19/h2-9H,10-12,19H2,1H3,(H,20,23). The maximum Gasteiger partial charge on any atom is 0.231 e. The monoisotopic (exact) mass is 308 g/mol. The van der Waals surface area contributed by atoms with Crippen LogP contribution in [0, 0.1) is 0 Å². The van der Waals surface area contributed by atoms with Gasteiger partial charge < -0.3 is 15.6 Å². The number of carbonyl (C=O) groups excluding carboxylic acids is 1. The number of amides is 1. The smallest absolute Gasteiger partial charge is 0.231 e. The number of aromatic nitrogens is 2. The number of benzene rings is 2. The van der Waals surface area contributed by atoms with Crippen molar-refractivity contribution in [2.45, 2.75) is 12.8 Å². The minimum Gasteiger partial charge on any atom is -0.331 e. The molecule has 5 nitrogen and oxygen atoms in total. The summed E-state index contributed by atoms with van der Waals surface area (Å²) in [6, 6.07) is 15.6. The predicted molar refractivity (Wildman–Crippen MR) is 92.2 cm³/mol. The van der Waals surface area contributed by atoms with Crippen LogP contribution >= 0.6 is 0 Å². The van der Waals surface area contributed by atoms with Gasteiger partial charge in [-0.3, -0.25) is 4.79 Å². The number of rotatable bonds is 5. The van der Waals surface area contributed by atoms with Gasteiger partial charge in [-0.2, -0.15) is 0 Å². The van der Waals surface area contributed by atoms with Crippen molar-refractivity contribution in [3.8, 4) is 0 Å². The van der Waals surface area contributed by atoms with Crippen LogP contribution in [0.4, 0.5) is 5.69 Å². The lowest BCUT2D eigenvalue weighted by molar-refractivity contribution is -0.115. The number of nitrogens with one attached hydrogen (secondary N) is 1. The van der Waals surface area contributed by atoms with Gasteiger partial charge in [-0.1, -0.05) is 24.3 Å². The first kappa shape index (κ1) is 15.2. The first-order valence-corrected chi connectivity index (χ1v) is 7.66. The Hall–Kier alpha value is -2.66. The molecular weight excluding hydrogens is 288 g/mol. The fourth-order valence-electron chi connectivity index (χ4n) is 2.62. The number of fused-ring (bicyclic) bond motifs is 1. The highest BCUT2D eigenvalue weighted by Gasteiger charge is 2.11. The highest BCUT2D eigenvalue weighted by atomic mass is 16.1. The molecule has 2 aromatic carbocycles. The Morgan fingerprint density at radius 3 is 2.61 bits per heavy atom. The van der Waals surface area contributed by atoms with Crippen LogP contribution in [0.1, 0.15) is 11.4 Å². The number of carbonyl (C=O) groups is 1. The summed E-state index contributed by atoms with van der Waals surface area (Å²) < 4.78 is 1.96. The van der Waals surface area contributed by atoms with Gasteiger partial charge in [0.15, 0.2) is 0 Å². The number of aryl methyl sites for hydroxylation is 1. The van der Waals surface area contributed by atoms with E-state index in [1.807, 2.05) is 60.1 Å². The van der Waals surface area contributed by atoms with E-state index in [1.165, 1.54) is 5.56 Å². The van der Waals surface area contributed by atoms with Crippen molar-refractivity contribution in [3.05, 3.63) is 59.9 Å². The molecule has 0 aliphatic rings. The summed E-state index contributed by atoms with van der Waals surface area (Å²) in [5, 5.41) is 2.91. The molecular formula is C18H20N4O. The first-order chi connectivity index (χ1) is 11.2. The number of hydrogen-bond acceptors (Lipinski definition) is 3. The number of nitrogens with two attached hydrogens (primary N) is 1. The molecule has 0 saturated carbocycles. The Morgan fingerprint density at radius 2 is 1.91 bits per heavy atom. The first-order valence-electron chi connectivity index (χ1n) is 7.66. The lowest BCUT2D eigenvalue weighted by atomic mass is 10.1. The highest BCUT2D eigenvalue weighted by molar-refractivity contribution is 5.92. The van der Waals surface area contributed by atoms with E-state index >= 15 is 0 Å². The summed E-state index contributed by atoms with van der Waals surface area (Å²) in [6.45, 7) is 0.623. The Kier molecular flexibility index (Phi) is 4.39. The van der Waals surface area contributed by atoms with Crippen molar-refractivity contribution < 1.29 is 4.79 Å². The highest BCUT2D eigenvalue weighted by Crippen LogP contribution is 2.15. The van der Waals surface area contributed by atoms with E-state index < -0.39 is 0 Å². The van der Waals surface area contributed by atoms with Crippen LogP contribution in [-0.4, -0.2) is 22.0 Å². The van der Waals surface area contributed by atoms with Crippen LogP contribution in [-0.2, 0) is 24.7 Å². The Bertz CT molecular complexity index is 821. The van der Waals surface area contributed by atoms with Gasteiger partial charge in [-0.05, 0) is 42.8 Å². The summed E-state index contributed by atoms with van der Waals surface area (Å²) in [7, 11) is 1.93. The van der Waals surface area contributed by atoms with E-state index in [1.54, 1.807) is 0 Å². The van der Waals surface area contributed by atoms with Crippen molar-refractivity contribution >= 4 is 22.6 Å². The minimum atomic E-state index is -0.0741. The summed E-state index contributed by atoms with van der Waals surface area (Å²) in [5.41, 5.74) is 9.42. The molecule has 3 aromatic rings. The van der Waals surface area contributed by atoms with Crippen LogP contribution in [0.25, 0.3) is 11.0 Å². The summed E-state index contributed by atoms with van der Waals surface area (Å²) >= 11 is 0. The fourth-order valence-corrected chi connectivity index (χ4v) is 2.62. The third kappa shape index (κ3) is 3.40. The molecule has 0 fully saturated rings. The van der Waals surface area contributed by atoms with Crippen LogP contribution in [0.2, 0.25) is 0 Å². The zero-order valence-corrected chi connectivity index (χ0v) is 13.1. The van der Waals surface area contributed by atoms with Crippen molar-refractivity contribution in [1.82, 2.24) is 9.55 Å². The molecule has 0 radical (unpaired) electrons. The lowest BCUT2D eigenvalue weighted by Crippen LogP contribution is -2.16. The molecule has 118 valence electrons. The third-order valence-electron chi connectivity index (χ3n) is 3.87. The number of nitrogens with zero attached hydrogens (tertiary/aromatic N) is 2. The zero-order valence-electron chi connectivity index (χ0n) is 13.1. The van der Waals surface area contributed by atoms with Crippen LogP contribution < -0.4 is 11.1 Å². The number of hydrogen-bond donors (Lipinski definition) is 2. The molecule has 0 unspecified atom stereocenters. The van der Waals surface area contributed by atoms with Gasteiger partial charge in [0.05, 0.1) is 17.5 Å². The second-order valence-corrected chi connectivity index (χ2v) is 5.54. The molecule has 0 atom stereocenters. The maximum absolute atomic E-state index is 12.2. The van der Waals surface area contributed by atoms with Gasteiger partial charge in [-0.25, -0.2) is 4.98 Å². The molecule has 3 rings (SSSR count). The average Bonchev–Trinajstić information content (AvgIpc) is 2.86. The van der Waals surface area contributed by atoms with Gasteiger partial charge in [-0.15, -0.1) is 0 Å². The Balaban J connectivity index is 1.69. The van der Waals surface area contributed by atoms with E-state index in [0.29, 0.717) is 6.54 Å². The maximum atomic E-state index is 12.2. The van der Waals surface area contributed by atoms with E-state index in [2.05, 4.69) is 10.3 Å². The molecule has 5 heteroatoms. The number of imidazole rings is 1. The molecule has 0 aliphatic carbocycles. The molecule has 3 N–H and O–H groups in total. The summed E-state index contributed by atoms with van der Waals surface area (Å²) in [4.78, 5) is 16.8. The minimum absolute atomic E-state index is 0.0741. The van der Waals surface area contributed by atoms with E-state index in [9.17, 15) is 4.79 Å². The molecule has 1 amide bonds. The van der Waals surface area contributed by atoms with Gasteiger partial charge >= 0.3 is 0 Å². The van der Waals surface area contributed by atoms with Crippen molar-refractivity contribution in [3.63, 3.8) is 0 Å². The van der Waals surface area contributed by atoms with E-state index in [4.69, 9.17) is 5.73 Å². The second-order valence-electron chi connectivity index (χ2n) is 5.54. The zero-order chi connectivity index (χ0) is 16.2. The summed E-state index contributed by atoms with van der Waals surface area (Å²) in [6.07, 6.45) is 1.09. The summed E-state index contributed by atoms with van der Waals surface area (Å²) in [5.74, 6) is 0.679. The average molecular weight is 308 g/mol. The third-order valence-corrected chi connectivity index (χ3v) is 3.87. The molecule has 0 saturated heterocycles. The normalized spacial score (nSPS) is 10.9. The Labute approximate surface area is 135 Å². The van der Waals surface area contributed by atoms with Gasteiger partial charge in [0.25, 0.3) is 0 Å². The van der Waals surface area contributed by atoms with Crippen LogP contribution in [0.15, 0.2) is 48.5 Å². The number of anilines is 1. The molecule has 0 spiro atoms. The second kappa shape index (κ2) is 6.62. The van der Waals surface area contributed by atoms with E-state index in [-0.39, 0.29) is 12.3 Å². The molecule has 1 aromatic heterocycles. The van der Waals surface area contributed by atoms with Crippen LogP contribution in [0.5, 0.6) is 0 Å². The molecule has 0 bridgehead atoms. The quantitative estimate of drug-likeness (QED) is 0.759. The van der Waals surface area contributed by atoms with Crippen molar-refractivity contribution in [2.75, 3.05) is 11.9 Å². The largest absolute Gasteiger partial charge is 0.331 e. The Morgan fingerprint density at radius 1 is 1.17 bits per heavy atom. The van der Waals surface area contributed by atoms with Gasteiger partial charge in [0.1, 0.15) is 5.82 Å². The lowest BCUT2D eigenvalue weighted by Gasteiger charge is -2.06. The van der Waals surface area contributed by atoms with Crippen molar-refractivity contribution in [1.29, 1.82) is 0 Å². The fraction of sp³-hybridized carbons (Fsp3) is 0.222. The topological polar surface area (TPSA) is 72.9 Å². The van der Waals surface area contributed by atoms with E-state index in [0.717, 1.165) is 29.0 Å². The van der Waals surface area contributed by atoms with Crippen LogP contribution in [0.3, 0.4) is 0 Å². The van der Waals surface area contributed by atoms with Crippen molar-refractivity contribution in [2.24, 2.45) is 12.8 Å². The predicted octanol–water partition coefficient (Wildman–Crippen LogP) is 2.26. The molecule has 1 heterocycles. The molecule has 0 aliphatic heterocycles. The van der Waals surface area contributed by atoms with Gasteiger partial charge in [0.2, 0.25) is 5.91 Å². The SMILES string of the molecule is Cn1c(CC(=O)Nc2ccc(CCN)cc2)nc2ccccc21. The number of para-hydroxylation sites is 2.